The van der Waals surface area contributed by atoms with Crippen molar-refractivity contribution in [2.45, 2.75) is 252 Å². The van der Waals surface area contributed by atoms with Gasteiger partial charge in [0.05, 0.1) is 0 Å². The van der Waals surface area contributed by atoms with Gasteiger partial charge in [0.25, 0.3) is 0 Å². The molecule has 0 aliphatic heterocycles. The van der Waals surface area contributed by atoms with E-state index in [0.717, 1.165) is 70.6 Å². The van der Waals surface area contributed by atoms with Crippen molar-refractivity contribution in [2.24, 2.45) is 0 Å². The van der Waals surface area contributed by atoms with Crippen LogP contribution in [0.2, 0.25) is 0 Å². The number of esters is 3. The average molecular weight is 761 g/mol. The fourth-order valence-electron chi connectivity index (χ4n) is 6.61. The number of ether oxygens (including phenoxy) is 3. The maximum atomic E-state index is 12.6. The normalized spacial score (nSPS) is 11.6. The van der Waals surface area contributed by atoms with Gasteiger partial charge in [0, 0.05) is 19.3 Å². The van der Waals surface area contributed by atoms with Gasteiger partial charge in [-0.1, -0.05) is 180 Å². The van der Waals surface area contributed by atoms with Crippen LogP contribution in [-0.2, 0) is 28.6 Å². The molecule has 0 bridgehead atoms. The minimum Gasteiger partial charge on any atom is -0.462 e. The van der Waals surface area contributed by atoms with E-state index in [1.54, 1.807) is 0 Å². The molecule has 6 heteroatoms. The first kappa shape index (κ1) is 51.9. The van der Waals surface area contributed by atoms with Crippen molar-refractivity contribution in [2.75, 3.05) is 13.2 Å². The Morgan fingerprint density at radius 3 is 0.926 bits per heavy atom. The van der Waals surface area contributed by atoms with Gasteiger partial charge in [-0.15, -0.1) is 0 Å². The first-order valence-corrected chi connectivity index (χ1v) is 23.3. The van der Waals surface area contributed by atoms with Crippen LogP contribution in [0.15, 0.2) is 24.3 Å². The van der Waals surface area contributed by atoms with Gasteiger partial charge in [-0.2, -0.15) is 0 Å². The van der Waals surface area contributed by atoms with Crippen molar-refractivity contribution < 1.29 is 28.6 Å². The summed E-state index contributed by atoms with van der Waals surface area (Å²) in [5.74, 6) is -0.898. The summed E-state index contributed by atoms with van der Waals surface area (Å²) in [6, 6.07) is 0. The van der Waals surface area contributed by atoms with Crippen molar-refractivity contribution in [3.63, 3.8) is 0 Å². The monoisotopic (exact) mass is 761 g/mol. The van der Waals surface area contributed by atoms with E-state index < -0.39 is 6.10 Å². The lowest BCUT2D eigenvalue weighted by Gasteiger charge is -2.18. The topological polar surface area (TPSA) is 78.9 Å². The predicted octanol–water partition coefficient (Wildman–Crippen LogP) is 14.8. The lowest BCUT2D eigenvalue weighted by Crippen LogP contribution is -2.30. The molecule has 0 spiro atoms. The van der Waals surface area contributed by atoms with Crippen molar-refractivity contribution in [1.29, 1.82) is 0 Å². The second-order valence-corrected chi connectivity index (χ2v) is 15.7. The quantitative estimate of drug-likeness (QED) is 0.0267. The van der Waals surface area contributed by atoms with E-state index in [0.29, 0.717) is 19.3 Å². The van der Waals surface area contributed by atoms with Gasteiger partial charge in [0.2, 0.25) is 0 Å². The molecule has 0 saturated carbocycles. The highest BCUT2D eigenvalue weighted by molar-refractivity contribution is 5.71. The van der Waals surface area contributed by atoms with Crippen LogP contribution in [0.5, 0.6) is 0 Å². The number of carbonyl (C=O) groups is 3. The average Bonchev–Trinajstić information content (AvgIpc) is 3.17. The molecule has 0 radical (unpaired) electrons. The van der Waals surface area contributed by atoms with E-state index in [-0.39, 0.29) is 31.1 Å². The van der Waals surface area contributed by atoms with E-state index in [4.69, 9.17) is 14.2 Å². The third-order valence-corrected chi connectivity index (χ3v) is 10.2. The van der Waals surface area contributed by atoms with E-state index in [9.17, 15) is 14.4 Å². The van der Waals surface area contributed by atoms with Gasteiger partial charge in [-0.3, -0.25) is 14.4 Å². The third-order valence-electron chi connectivity index (χ3n) is 10.2. The Kier molecular flexibility index (Phi) is 41.9. The molecule has 0 rings (SSSR count). The Morgan fingerprint density at radius 2 is 0.611 bits per heavy atom. The zero-order chi connectivity index (χ0) is 39.4. The van der Waals surface area contributed by atoms with Crippen LogP contribution < -0.4 is 0 Å². The minimum atomic E-state index is -0.770. The maximum Gasteiger partial charge on any atom is 0.306 e. The van der Waals surface area contributed by atoms with E-state index in [2.05, 4.69) is 45.1 Å². The van der Waals surface area contributed by atoms with Gasteiger partial charge in [0.15, 0.2) is 6.10 Å². The van der Waals surface area contributed by atoms with Crippen LogP contribution in [0.25, 0.3) is 0 Å². The molecule has 0 aromatic carbocycles. The van der Waals surface area contributed by atoms with E-state index >= 15 is 0 Å². The van der Waals surface area contributed by atoms with E-state index in [1.807, 2.05) is 0 Å². The molecule has 0 unspecified atom stereocenters. The fraction of sp³-hybridized carbons (Fsp3) is 0.854. The summed E-state index contributed by atoms with van der Waals surface area (Å²) in [6.45, 7) is 6.56. The summed E-state index contributed by atoms with van der Waals surface area (Å²) in [5, 5.41) is 0. The Balaban J connectivity index is 4.23. The zero-order valence-corrected chi connectivity index (χ0v) is 36.0. The number of unbranched alkanes of at least 4 members (excludes halogenated alkanes) is 27. The zero-order valence-electron chi connectivity index (χ0n) is 36.0. The lowest BCUT2D eigenvalue weighted by atomic mass is 10.1. The Hall–Kier alpha value is -2.11. The first-order valence-electron chi connectivity index (χ1n) is 23.3. The van der Waals surface area contributed by atoms with Crippen LogP contribution in [-0.4, -0.2) is 37.2 Å². The lowest BCUT2D eigenvalue weighted by molar-refractivity contribution is -0.167. The summed E-state index contributed by atoms with van der Waals surface area (Å²) in [5.41, 5.74) is 0. The maximum absolute atomic E-state index is 12.6. The Bertz CT molecular complexity index is 824. The molecule has 0 aliphatic carbocycles. The van der Waals surface area contributed by atoms with Crippen LogP contribution in [0, 0.1) is 0 Å². The van der Waals surface area contributed by atoms with Crippen LogP contribution in [0.1, 0.15) is 245 Å². The minimum absolute atomic E-state index is 0.0766. The van der Waals surface area contributed by atoms with Gasteiger partial charge < -0.3 is 14.2 Å². The molecule has 0 saturated heterocycles. The molecule has 0 N–H and O–H groups in total. The number of allylic oxidation sites excluding steroid dienone is 4. The Morgan fingerprint density at radius 1 is 0.352 bits per heavy atom. The molecular weight excluding hydrogens is 673 g/mol. The van der Waals surface area contributed by atoms with Crippen LogP contribution >= 0.6 is 0 Å². The summed E-state index contributed by atoms with van der Waals surface area (Å²) in [4.78, 5) is 37.6. The number of hydrogen-bond acceptors (Lipinski definition) is 6. The highest BCUT2D eigenvalue weighted by Gasteiger charge is 2.19. The molecular formula is C48H88O6. The van der Waals surface area contributed by atoms with E-state index in [1.165, 1.54) is 135 Å². The highest BCUT2D eigenvalue weighted by atomic mass is 16.6. The first-order chi connectivity index (χ1) is 26.5. The number of carbonyl (C=O) groups excluding carboxylic acids is 3. The molecule has 0 heterocycles. The van der Waals surface area contributed by atoms with Crippen LogP contribution in [0.4, 0.5) is 0 Å². The van der Waals surface area contributed by atoms with Crippen molar-refractivity contribution in [3.05, 3.63) is 24.3 Å². The largest absolute Gasteiger partial charge is 0.462 e. The smallest absolute Gasteiger partial charge is 0.306 e. The standard InChI is InChI=1S/C48H88O6/c1-4-7-10-13-16-18-20-22-24-26-28-30-32-35-37-40-46(49)52-43-45(54-48(51)42-39-34-15-12-9-6-3)44-53-47(50)41-38-36-33-31-29-27-25-23-21-19-17-14-11-8-5-2/h22-25,45H,4-21,26-44H2,1-3H3/b24-22-,25-23-. The fourth-order valence-corrected chi connectivity index (χ4v) is 6.61. The third kappa shape index (κ3) is 41.1. The predicted molar refractivity (Wildman–Crippen MR) is 229 cm³/mol. The molecule has 6 nitrogen and oxygen atoms in total. The second kappa shape index (κ2) is 43.6. The molecule has 0 aliphatic rings. The number of hydrogen-bond donors (Lipinski definition) is 0. The SMILES string of the molecule is CCCCCCCC/C=C\CCCCCCCC(=O)OCC(COC(=O)CCCCCCC/C=C\CCCCCCCC)OC(=O)CCCCCCCC. The molecule has 316 valence electrons. The van der Waals surface area contributed by atoms with Gasteiger partial charge >= 0.3 is 17.9 Å². The Labute approximate surface area is 334 Å². The number of rotatable bonds is 42. The van der Waals surface area contributed by atoms with Crippen molar-refractivity contribution in [3.8, 4) is 0 Å². The highest BCUT2D eigenvalue weighted by Crippen LogP contribution is 2.14. The van der Waals surface area contributed by atoms with Gasteiger partial charge in [0.1, 0.15) is 13.2 Å². The summed E-state index contributed by atoms with van der Waals surface area (Å²) in [7, 11) is 0. The van der Waals surface area contributed by atoms with Gasteiger partial charge in [-0.05, 0) is 70.6 Å². The molecule has 0 aromatic rings. The molecule has 0 fully saturated rings. The van der Waals surface area contributed by atoms with Crippen molar-refractivity contribution >= 4 is 17.9 Å². The summed E-state index contributed by atoms with van der Waals surface area (Å²) >= 11 is 0. The van der Waals surface area contributed by atoms with Crippen molar-refractivity contribution in [1.82, 2.24) is 0 Å². The molecule has 54 heavy (non-hydrogen) atoms. The van der Waals surface area contributed by atoms with Gasteiger partial charge in [-0.25, -0.2) is 0 Å². The summed E-state index contributed by atoms with van der Waals surface area (Å²) in [6.07, 6.45) is 47.5. The second-order valence-electron chi connectivity index (χ2n) is 15.7. The molecule has 0 amide bonds. The molecule has 0 atom stereocenters. The summed E-state index contributed by atoms with van der Waals surface area (Å²) < 4.78 is 16.6. The van der Waals surface area contributed by atoms with Crippen LogP contribution in [0.3, 0.4) is 0 Å². The molecule has 0 aromatic heterocycles.